The van der Waals surface area contributed by atoms with E-state index >= 15 is 0 Å². The predicted octanol–water partition coefficient (Wildman–Crippen LogP) is 2.76. The van der Waals surface area contributed by atoms with Gasteiger partial charge in [0.15, 0.2) is 0 Å². The summed E-state index contributed by atoms with van der Waals surface area (Å²) in [5.74, 6) is 1.76. The molecule has 0 bridgehead atoms. The Morgan fingerprint density at radius 2 is 1.79 bits per heavy atom. The monoisotopic (exact) mass is 404 g/mol. The second-order valence-electron chi connectivity index (χ2n) is 10.4. The number of carbonyl (C=O) groups is 3. The van der Waals surface area contributed by atoms with E-state index in [0.29, 0.717) is 36.1 Å². The zero-order valence-corrected chi connectivity index (χ0v) is 18.3. The molecule has 4 aliphatic rings. The molecule has 3 saturated carbocycles. The van der Waals surface area contributed by atoms with Gasteiger partial charge in [-0.3, -0.25) is 14.4 Å². The molecule has 7 atom stereocenters. The number of rotatable bonds is 3. The van der Waals surface area contributed by atoms with Gasteiger partial charge in [-0.2, -0.15) is 0 Å². The quantitative estimate of drug-likeness (QED) is 0.734. The predicted molar refractivity (Wildman–Crippen MR) is 109 cm³/mol. The zero-order chi connectivity index (χ0) is 21.0. The molecule has 162 valence electrons. The number of fused-ring (bicyclic) bond motifs is 5. The average Bonchev–Trinajstić information content (AvgIpc) is 3.06. The van der Waals surface area contributed by atoms with Crippen LogP contribution < -0.4 is 5.32 Å². The number of piperidine rings is 1. The molecule has 6 nitrogen and oxygen atoms in total. The minimum atomic E-state index is -0.399. The number of nitrogens with zero attached hydrogens (tertiary/aromatic N) is 1. The van der Waals surface area contributed by atoms with E-state index in [2.05, 4.69) is 23.9 Å². The maximum absolute atomic E-state index is 12.9. The molecule has 4 rings (SSSR count). The number of ether oxygens (including phenoxy) is 1. The molecule has 1 heterocycles. The van der Waals surface area contributed by atoms with E-state index in [1.807, 2.05) is 11.9 Å². The van der Waals surface area contributed by atoms with Crippen LogP contribution in [0.1, 0.15) is 65.2 Å². The van der Waals surface area contributed by atoms with Gasteiger partial charge in [0.2, 0.25) is 11.8 Å². The highest BCUT2D eigenvalue weighted by Crippen LogP contribution is 2.66. The number of likely N-dealkylation sites (tertiary alicyclic amines) is 1. The average molecular weight is 405 g/mol. The topological polar surface area (TPSA) is 75.7 Å². The summed E-state index contributed by atoms with van der Waals surface area (Å²) < 4.78 is 4.66. The van der Waals surface area contributed by atoms with Crippen LogP contribution in [-0.2, 0) is 19.1 Å². The largest absolute Gasteiger partial charge is 0.468 e. The van der Waals surface area contributed by atoms with Gasteiger partial charge in [0.1, 0.15) is 6.54 Å². The normalized spacial score (nSPS) is 43.8. The zero-order valence-electron chi connectivity index (χ0n) is 18.3. The van der Waals surface area contributed by atoms with Crippen molar-refractivity contribution >= 4 is 17.8 Å². The molecule has 1 saturated heterocycles. The summed E-state index contributed by atoms with van der Waals surface area (Å²) in [6.07, 6.45) is 8.16. The summed E-state index contributed by atoms with van der Waals surface area (Å²) in [5.41, 5.74) is 0.221. The van der Waals surface area contributed by atoms with E-state index in [4.69, 9.17) is 0 Å². The molecule has 4 fully saturated rings. The van der Waals surface area contributed by atoms with Gasteiger partial charge in [-0.1, -0.05) is 13.8 Å². The third-order valence-electron chi connectivity index (χ3n) is 9.51. The lowest BCUT2D eigenvalue weighted by molar-refractivity contribution is -0.159. The van der Waals surface area contributed by atoms with Crippen molar-refractivity contribution in [2.75, 3.05) is 20.7 Å². The maximum Gasteiger partial charge on any atom is 0.325 e. The Morgan fingerprint density at radius 1 is 1.07 bits per heavy atom. The molecule has 6 heteroatoms. The van der Waals surface area contributed by atoms with Crippen LogP contribution in [0.3, 0.4) is 0 Å². The lowest BCUT2D eigenvalue weighted by Gasteiger charge is -2.61. The Balaban J connectivity index is 1.51. The smallest absolute Gasteiger partial charge is 0.325 e. The van der Waals surface area contributed by atoms with E-state index in [0.717, 1.165) is 38.5 Å². The molecule has 0 radical (unpaired) electrons. The van der Waals surface area contributed by atoms with Crippen molar-refractivity contribution in [3.63, 3.8) is 0 Å². The van der Waals surface area contributed by atoms with Gasteiger partial charge in [0, 0.05) is 25.4 Å². The molecule has 2 amide bonds. The summed E-state index contributed by atoms with van der Waals surface area (Å²) >= 11 is 0. The Bertz CT molecular complexity index is 709. The number of hydrogen-bond donors (Lipinski definition) is 1. The SMILES string of the molecule is COC(=O)CNC(=O)C1CC[C@H]2[C@@H]3CCC4N(C)C(=O)CC[C@]4(C)[C@@H]3CC[C@]12C. The van der Waals surface area contributed by atoms with Crippen LogP contribution in [0.2, 0.25) is 0 Å². The van der Waals surface area contributed by atoms with E-state index in [1.165, 1.54) is 13.5 Å². The molecular formula is C23H36N2O4. The molecule has 3 aliphatic carbocycles. The highest BCUT2D eigenvalue weighted by atomic mass is 16.5. The van der Waals surface area contributed by atoms with Crippen LogP contribution >= 0.6 is 0 Å². The van der Waals surface area contributed by atoms with Crippen molar-refractivity contribution in [2.45, 2.75) is 71.3 Å². The molecule has 2 unspecified atom stereocenters. The lowest BCUT2D eigenvalue weighted by atomic mass is 9.47. The fourth-order valence-electron chi connectivity index (χ4n) is 7.94. The first-order valence-corrected chi connectivity index (χ1v) is 11.3. The van der Waals surface area contributed by atoms with Gasteiger partial charge in [-0.15, -0.1) is 0 Å². The van der Waals surface area contributed by atoms with Crippen LogP contribution in [0, 0.1) is 34.5 Å². The third kappa shape index (κ3) is 3.09. The number of methoxy groups -OCH3 is 1. The van der Waals surface area contributed by atoms with E-state index in [1.54, 1.807) is 0 Å². The summed E-state index contributed by atoms with van der Waals surface area (Å²) in [6, 6.07) is 0.370. The fourth-order valence-corrected chi connectivity index (χ4v) is 7.94. The minimum Gasteiger partial charge on any atom is -0.468 e. The fraction of sp³-hybridized carbons (Fsp3) is 0.870. The lowest BCUT2D eigenvalue weighted by Crippen LogP contribution is -2.61. The first kappa shape index (κ1) is 20.7. The molecule has 1 N–H and O–H groups in total. The van der Waals surface area contributed by atoms with Gasteiger partial charge in [-0.25, -0.2) is 0 Å². The Labute approximate surface area is 174 Å². The second-order valence-corrected chi connectivity index (χ2v) is 10.4. The van der Waals surface area contributed by atoms with E-state index in [9.17, 15) is 14.4 Å². The first-order chi connectivity index (χ1) is 13.7. The molecule has 0 aromatic rings. The summed E-state index contributed by atoms with van der Waals surface area (Å²) in [4.78, 5) is 38.6. The standard InChI is InChI=1S/C23H36N2O4/c1-22-11-9-16-14(5-8-18-23(16,2)12-10-19(26)25(18)3)15(22)6-7-17(22)21(28)24-13-20(27)29-4/h14-18H,5-13H2,1-4H3,(H,24,28)/t14-,15-,16+,17?,18?,22-,23+/m0/s1. The number of carbonyl (C=O) groups excluding carboxylic acids is 3. The van der Waals surface area contributed by atoms with E-state index in [-0.39, 0.29) is 29.2 Å². The summed E-state index contributed by atoms with van der Waals surface area (Å²) in [6.45, 7) is 4.70. The Morgan fingerprint density at radius 3 is 2.52 bits per heavy atom. The first-order valence-electron chi connectivity index (χ1n) is 11.3. The van der Waals surface area contributed by atoms with Crippen molar-refractivity contribution in [2.24, 2.45) is 34.5 Å². The number of amides is 2. The third-order valence-corrected chi connectivity index (χ3v) is 9.51. The van der Waals surface area contributed by atoms with Crippen LogP contribution in [0.5, 0.6) is 0 Å². The minimum absolute atomic E-state index is 0.0146. The van der Waals surface area contributed by atoms with Crippen molar-refractivity contribution < 1.29 is 19.1 Å². The Kier molecular flexibility index (Phi) is 5.19. The molecule has 1 aliphatic heterocycles. The van der Waals surface area contributed by atoms with Crippen molar-refractivity contribution in [1.29, 1.82) is 0 Å². The highest BCUT2D eigenvalue weighted by Gasteiger charge is 2.62. The van der Waals surface area contributed by atoms with Crippen molar-refractivity contribution in [3.8, 4) is 0 Å². The molecule has 0 aromatic carbocycles. The van der Waals surface area contributed by atoms with Gasteiger partial charge in [-0.05, 0) is 73.5 Å². The number of hydrogen-bond acceptors (Lipinski definition) is 4. The maximum atomic E-state index is 12.9. The van der Waals surface area contributed by atoms with Gasteiger partial charge < -0.3 is 15.0 Å². The van der Waals surface area contributed by atoms with Crippen LogP contribution in [0.25, 0.3) is 0 Å². The number of esters is 1. The highest BCUT2D eigenvalue weighted by molar-refractivity contribution is 5.84. The summed E-state index contributed by atoms with van der Waals surface area (Å²) in [5, 5.41) is 2.81. The van der Waals surface area contributed by atoms with Gasteiger partial charge >= 0.3 is 5.97 Å². The molecule has 0 spiro atoms. The number of nitrogens with one attached hydrogen (secondary N) is 1. The summed E-state index contributed by atoms with van der Waals surface area (Å²) in [7, 11) is 3.34. The van der Waals surface area contributed by atoms with Crippen molar-refractivity contribution in [3.05, 3.63) is 0 Å². The molecule has 0 aromatic heterocycles. The Hall–Kier alpha value is -1.59. The van der Waals surface area contributed by atoms with Crippen LogP contribution in [0.15, 0.2) is 0 Å². The second kappa shape index (κ2) is 7.28. The molecule has 29 heavy (non-hydrogen) atoms. The van der Waals surface area contributed by atoms with Crippen LogP contribution in [-0.4, -0.2) is 49.4 Å². The van der Waals surface area contributed by atoms with Crippen molar-refractivity contribution in [1.82, 2.24) is 10.2 Å². The van der Waals surface area contributed by atoms with Gasteiger partial charge in [0.25, 0.3) is 0 Å². The van der Waals surface area contributed by atoms with Crippen LogP contribution in [0.4, 0.5) is 0 Å². The van der Waals surface area contributed by atoms with Gasteiger partial charge in [0.05, 0.1) is 7.11 Å². The van der Waals surface area contributed by atoms with E-state index < -0.39 is 5.97 Å². The molecular weight excluding hydrogens is 368 g/mol.